The van der Waals surface area contributed by atoms with Crippen molar-refractivity contribution in [2.45, 2.75) is 31.8 Å². The zero-order chi connectivity index (χ0) is 20.7. The van der Waals surface area contributed by atoms with E-state index in [0.717, 1.165) is 29.5 Å². The van der Waals surface area contributed by atoms with Gasteiger partial charge in [-0.2, -0.15) is 5.10 Å². The fourth-order valence-electron chi connectivity index (χ4n) is 4.72. The Morgan fingerprint density at radius 1 is 1.30 bits per heavy atom. The predicted molar refractivity (Wildman–Crippen MR) is 113 cm³/mol. The number of aromatic nitrogens is 5. The van der Waals surface area contributed by atoms with E-state index >= 15 is 0 Å². The van der Waals surface area contributed by atoms with E-state index in [1.807, 2.05) is 29.9 Å². The van der Waals surface area contributed by atoms with Crippen molar-refractivity contribution in [3.8, 4) is 0 Å². The van der Waals surface area contributed by atoms with Crippen LogP contribution in [-0.4, -0.2) is 50.1 Å². The van der Waals surface area contributed by atoms with E-state index in [1.165, 1.54) is 11.3 Å². The monoisotopic (exact) mass is 425 g/mol. The third-order valence-corrected chi connectivity index (χ3v) is 6.70. The van der Waals surface area contributed by atoms with Crippen LogP contribution in [0.1, 0.15) is 29.8 Å². The molecule has 0 aromatic carbocycles. The highest BCUT2D eigenvalue weighted by atomic mass is 32.1. The molecule has 0 saturated carbocycles. The van der Waals surface area contributed by atoms with Crippen molar-refractivity contribution in [2.24, 2.45) is 5.92 Å². The van der Waals surface area contributed by atoms with Crippen LogP contribution in [0.3, 0.4) is 0 Å². The van der Waals surface area contributed by atoms with E-state index in [1.54, 1.807) is 22.2 Å². The van der Waals surface area contributed by atoms with E-state index in [-0.39, 0.29) is 23.3 Å². The van der Waals surface area contributed by atoms with Gasteiger partial charge in [-0.3, -0.25) is 18.8 Å². The smallest absolute Gasteiger partial charge is 0.251 e. The van der Waals surface area contributed by atoms with Crippen molar-refractivity contribution in [1.82, 2.24) is 29.9 Å². The van der Waals surface area contributed by atoms with Crippen LogP contribution in [0.15, 0.2) is 40.8 Å². The summed E-state index contributed by atoms with van der Waals surface area (Å²) in [5.41, 5.74) is 3.48. The lowest BCUT2D eigenvalue weighted by atomic mass is 9.78. The minimum absolute atomic E-state index is 0.0344. The second-order valence-electron chi connectivity index (χ2n) is 7.93. The van der Waals surface area contributed by atoms with Crippen LogP contribution >= 0.6 is 11.3 Å². The second kappa shape index (κ2) is 7.67. The average Bonchev–Trinajstić information content (AvgIpc) is 3.41. The lowest BCUT2D eigenvalue weighted by Gasteiger charge is -2.46. The van der Waals surface area contributed by atoms with E-state index < -0.39 is 6.04 Å². The maximum atomic E-state index is 13.3. The van der Waals surface area contributed by atoms with Crippen molar-refractivity contribution >= 4 is 22.4 Å². The summed E-state index contributed by atoms with van der Waals surface area (Å²) in [6.45, 7) is 4.45. The Kier molecular flexibility index (Phi) is 4.86. The van der Waals surface area contributed by atoms with Crippen LogP contribution in [-0.2, 0) is 11.3 Å². The highest BCUT2D eigenvalue weighted by molar-refractivity contribution is 7.13. The molecule has 0 aliphatic carbocycles. The van der Waals surface area contributed by atoms with E-state index in [0.29, 0.717) is 19.6 Å². The van der Waals surface area contributed by atoms with Gasteiger partial charge in [0.25, 0.3) is 5.56 Å². The third kappa shape index (κ3) is 3.41. The standard InChI is InChI=1S/C20H23N7O2S/c1-13-5-7-26(24-13)8-6-21-19(29)18-15-9-14(16-3-2-4-17(28)27(16)18)10-25(11-15)20-23-22-12-30-20/h2-5,7,12,14-15,18H,6,8-11H2,1H3,(H,21,29)/t14-,15+,18+/m0/s1. The van der Waals surface area contributed by atoms with Gasteiger partial charge >= 0.3 is 0 Å². The molecule has 3 aromatic rings. The summed E-state index contributed by atoms with van der Waals surface area (Å²) in [4.78, 5) is 28.2. The highest BCUT2D eigenvalue weighted by Gasteiger charge is 2.44. The number of pyridine rings is 1. The van der Waals surface area contributed by atoms with Crippen molar-refractivity contribution in [2.75, 3.05) is 24.5 Å². The van der Waals surface area contributed by atoms with Crippen molar-refractivity contribution in [1.29, 1.82) is 0 Å². The van der Waals surface area contributed by atoms with Crippen LogP contribution in [0.2, 0.25) is 0 Å². The number of fused-ring (bicyclic) bond motifs is 4. The SMILES string of the molecule is Cc1ccn(CCNC(=O)[C@H]2[C@@H]3C[C@@H](CN(c4nncs4)C3)c3cccc(=O)n32)n1. The first kappa shape index (κ1) is 19.0. The summed E-state index contributed by atoms with van der Waals surface area (Å²) in [5, 5.41) is 16.4. The predicted octanol–water partition coefficient (Wildman–Crippen LogP) is 1.19. The second-order valence-corrected chi connectivity index (χ2v) is 8.75. The van der Waals surface area contributed by atoms with Crippen molar-refractivity contribution < 1.29 is 4.79 Å². The lowest BCUT2D eigenvalue weighted by molar-refractivity contribution is -0.126. The molecule has 2 bridgehead atoms. The molecule has 0 radical (unpaired) electrons. The summed E-state index contributed by atoms with van der Waals surface area (Å²) in [6.07, 6.45) is 2.78. The van der Waals surface area contributed by atoms with Crippen molar-refractivity contribution in [3.05, 3.63) is 57.7 Å². The molecule has 1 amide bonds. The van der Waals surface area contributed by atoms with Gasteiger partial charge in [-0.25, -0.2) is 0 Å². The number of nitrogens with zero attached hydrogens (tertiary/aromatic N) is 6. The topological polar surface area (TPSA) is 97.9 Å². The van der Waals surface area contributed by atoms with Gasteiger partial charge in [0.2, 0.25) is 11.0 Å². The number of carbonyl (C=O) groups is 1. The molecular formula is C20H23N7O2S. The quantitative estimate of drug-likeness (QED) is 0.659. The highest BCUT2D eigenvalue weighted by Crippen LogP contribution is 2.42. The van der Waals surface area contributed by atoms with Gasteiger partial charge in [-0.15, -0.1) is 10.2 Å². The molecule has 1 fully saturated rings. The molecule has 9 nitrogen and oxygen atoms in total. The Bertz CT molecular complexity index is 1110. The number of piperidine rings is 1. The van der Waals surface area contributed by atoms with Gasteiger partial charge in [0.15, 0.2) is 0 Å². The van der Waals surface area contributed by atoms with Gasteiger partial charge in [0.05, 0.1) is 12.2 Å². The normalized spacial score (nSPS) is 22.6. The fraction of sp³-hybridized carbons (Fsp3) is 0.450. The number of hydrogen-bond acceptors (Lipinski definition) is 7. The van der Waals surface area contributed by atoms with Crippen LogP contribution < -0.4 is 15.8 Å². The molecular weight excluding hydrogens is 402 g/mol. The lowest BCUT2D eigenvalue weighted by Crippen LogP contribution is -2.53. The molecule has 10 heteroatoms. The van der Waals surface area contributed by atoms with Gasteiger partial charge in [0.1, 0.15) is 11.6 Å². The zero-order valence-corrected chi connectivity index (χ0v) is 17.5. The molecule has 2 aliphatic heterocycles. The van der Waals surface area contributed by atoms with Crippen LogP contribution in [0.5, 0.6) is 0 Å². The van der Waals surface area contributed by atoms with E-state index in [9.17, 15) is 9.59 Å². The van der Waals surface area contributed by atoms with E-state index in [2.05, 4.69) is 25.5 Å². The maximum Gasteiger partial charge on any atom is 0.251 e. The molecule has 1 saturated heterocycles. The third-order valence-electron chi connectivity index (χ3n) is 5.95. The first-order chi connectivity index (χ1) is 14.6. The Morgan fingerprint density at radius 3 is 2.97 bits per heavy atom. The largest absolute Gasteiger partial charge is 0.352 e. The van der Waals surface area contributed by atoms with Gasteiger partial charge < -0.3 is 10.2 Å². The Hall–Kier alpha value is -3.01. The Morgan fingerprint density at radius 2 is 2.20 bits per heavy atom. The summed E-state index contributed by atoms with van der Waals surface area (Å²) < 4.78 is 3.52. The van der Waals surface area contributed by atoms with E-state index in [4.69, 9.17) is 0 Å². The van der Waals surface area contributed by atoms with Gasteiger partial charge in [0, 0.05) is 49.4 Å². The van der Waals surface area contributed by atoms with Crippen molar-refractivity contribution in [3.63, 3.8) is 0 Å². The van der Waals surface area contributed by atoms with Crippen LogP contribution in [0.25, 0.3) is 0 Å². The number of aryl methyl sites for hydroxylation is 1. The number of hydrogen-bond donors (Lipinski definition) is 1. The number of amides is 1. The molecule has 0 unspecified atom stereocenters. The molecule has 5 rings (SSSR count). The first-order valence-electron chi connectivity index (χ1n) is 10.1. The molecule has 3 atom stereocenters. The maximum absolute atomic E-state index is 13.3. The van der Waals surface area contributed by atoms with Gasteiger partial charge in [-0.05, 0) is 25.5 Å². The minimum Gasteiger partial charge on any atom is -0.352 e. The molecule has 1 N–H and O–H groups in total. The summed E-state index contributed by atoms with van der Waals surface area (Å²) >= 11 is 1.50. The molecule has 0 spiro atoms. The van der Waals surface area contributed by atoms with Gasteiger partial charge in [-0.1, -0.05) is 17.4 Å². The average molecular weight is 426 g/mol. The number of carbonyl (C=O) groups excluding carboxylic acids is 1. The molecule has 2 aliphatic rings. The zero-order valence-electron chi connectivity index (χ0n) is 16.6. The van der Waals surface area contributed by atoms with Crippen LogP contribution in [0, 0.1) is 12.8 Å². The molecule has 3 aromatic heterocycles. The molecule has 30 heavy (non-hydrogen) atoms. The molecule has 5 heterocycles. The number of anilines is 1. The first-order valence-corrected chi connectivity index (χ1v) is 11.0. The molecule has 156 valence electrons. The summed E-state index contributed by atoms with van der Waals surface area (Å²) in [5.74, 6) is 0.112. The minimum atomic E-state index is -0.528. The summed E-state index contributed by atoms with van der Waals surface area (Å²) in [6, 6.07) is 6.70. The Labute approximate surface area is 177 Å². The number of rotatable bonds is 5. The van der Waals surface area contributed by atoms with Crippen LogP contribution in [0.4, 0.5) is 5.13 Å². The summed E-state index contributed by atoms with van der Waals surface area (Å²) in [7, 11) is 0. The Balaban J connectivity index is 1.40. The number of nitrogens with one attached hydrogen (secondary N) is 1. The fourth-order valence-corrected chi connectivity index (χ4v) is 5.30.